The van der Waals surface area contributed by atoms with E-state index in [1.165, 1.54) is 6.42 Å². The van der Waals surface area contributed by atoms with Crippen LogP contribution in [0, 0.1) is 10.8 Å². The summed E-state index contributed by atoms with van der Waals surface area (Å²) in [6.07, 6.45) is 1.20. The minimum Gasteiger partial charge on any atom is -0.396 e. The zero-order valence-corrected chi connectivity index (χ0v) is 10.8. The summed E-state index contributed by atoms with van der Waals surface area (Å²) in [5.41, 5.74) is -0.0578. The fourth-order valence-corrected chi connectivity index (χ4v) is 2.51. The van der Waals surface area contributed by atoms with Crippen LogP contribution in [-0.2, 0) is 0 Å². The highest BCUT2D eigenvalue weighted by atomic mass is 16.3. The lowest BCUT2D eigenvalue weighted by atomic mass is 9.87. The second-order valence-electron chi connectivity index (χ2n) is 6.04. The highest BCUT2D eigenvalue weighted by Crippen LogP contribution is 2.26. The summed E-state index contributed by atoms with van der Waals surface area (Å²) in [6, 6.07) is 0. The Morgan fingerprint density at radius 2 is 2.00 bits per heavy atom. The second kappa shape index (κ2) is 5.45. The first-order valence-corrected chi connectivity index (χ1v) is 6.04. The first-order valence-electron chi connectivity index (χ1n) is 6.04. The Kier molecular flexibility index (Phi) is 4.73. The SMILES string of the molecule is CN(CC(C)(CO)CO)CC1(C)CCNC1. The van der Waals surface area contributed by atoms with Gasteiger partial charge >= 0.3 is 0 Å². The van der Waals surface area contributed by atoms with E-state index in [0.29, 0.717) is 5.41 Å². The number of nitrogens with one attached hydrogen (secondary N) is 1. The van der Waals surface area contributed by atoms with Gasteiger partial charge in [0.05, 0.1) is 13.2 Å². The number of hydrogen-bond acceptors (Lipinski definition) is 4. The van der Waals surface area contributed by atoms with Gasteiger partial charge < -0.3 is 20.4 Å². The van der Waals surface area contributed by atoms with E-state index < -0.39 is 5.41 Å². The number of hydrogen-bond donors (Lipinski definition) is 3. The minimum atomic E-state index is -0.392. The Hall–Kier alpha value is -0.160. The van der Waals surface area contributed by atoms with Gasteiger partial charge in [-0.25, -0.2) is 0 Å². The smallest absolute Gasteiger partial charge is 0.0519 e. The molecule has 0 radical (unpaired) electrons. The van der Waals surface area contributed by atoms with Gasteiger partial charge in [0.15, 0.2) is 0 Å². The lowest BCUT2D eigenvalue weighted by Crippen LogP contribution is -2.43. The molecule has 1 heterocycles. The van der Waals surface area contributed by atoms with Crippen molar-refractivity contribution in [3.63, 3.8) is 0 Å². The summed E-state index contributed by atoms with van der Waals surface area (Å²) in [5.74, 6) is 0. The average molecular weight is 230 g/mol. The van der Waals surface area contributed by atoms with Crippen LogP contribution >= 0.6 is 0 Å². The molecule has 4 heteroatoms. The molecule has 3 N–H and O–H groups in total. The van der Waals surface area contributed by atoms with E-state index in [9.17, 15) is 10.2 Å². The molecule has 0 amide bonds. The molecule has 1 atom stereocenters. The number of rotatable bonds is 6. The zero-order chi connectivity index (χ0) is 12.2. The van der Waals surface area contributed by atoms with Crippen LogP contribution in [0.5, 0.6) is 0 Å². The highest BCUT2D eigenvalue weighted by Gasteiger charge is 2.32. The van der Waals surface area contributed by atoms with Gasteiger partial charge in [-0.05, 0) is 25.4 Å². The number of aliphatic hydroxyl groups is 2. The Morgan fingerprint density at radius 1 is 1.38 bits per heavy atom. The standard InChI is InChI=1S/C12H26N2O2/c1-11(4-5-13-6-11)7-14(3)8-12(2,9-15)10-16/h13,15-16H,4-10H2,1-3H3. The molecule has 1 aliphatic rings. The summed E-state index contributed by atoms with van der Waals surface area (Å²) < 4.78 is 0. The third kappa shape index (κ3) is 3.70. The van der Waals surface area contributed by atoms with Crippen molar-refractivity contribution in [2.75, 3.05) is 46.4 Å². The van der Waals surface area contributed by atoms with Crippen molar-refractivity contribution in [1.29, 1.82) is 0 Å². The lowest BCUT2D eigenvalue weighted by molar-refractivity contribution is 0.0331. The number of aliphatic hydroxyl groups excluding tert-OH is 2. The van der Waals surface area contributed by atoms with Crippen molar-refractivity contribution >= 4 is 0 Å². The fraction of sp³-hybridized carbons (Fsp3) is 1.00. The van der Waals surface area contributed by atoms with Crippen molar-refractivity contribution in [1.82, 2.24) is 10.2 Å². The third-order valence-electron chi connectivity index (χ3n) is 3.52. The second-order valence-corrected chi connectivity index (χ2v) is 6.04. The Bertz CT molecular complexity index is 205. The molecule has 1 fully saturated rings. The molecule has 0 aromatic carbocycles. The van der Waals surface area contributed by atoms with Crippen LogP contribution in [-0.4, -0.2) is 61.6 Å². The van der Waals surface area contributed by atoms with Crippen LogP contribution < -0.4 is 5.32 Å². The Labute approximate surface area is 98.6 Å². The molecular formula is C12H26N2O2. The van der Waals surface area contributed by atoms with E-state index in [1.54, 1.807) is 0 Å². The summed E-state index contributed by atoms with van der Waals surface area (Å²) in [7, 11) is 2.06. The topological polar surface area (TPSA) is 55.7 Å². The van der Waals surface area contributed by atoms with E-state index in [1.807, 2.05) is 6.92 Å². The van der Waals surface area contributed by atoms with Crippen molar-refractivity contribution in [2.24, 2.45) is 10.8 Å². The van der Waals surface area contributed by atoms with E-state index >= 15 is 0 Å². The summed E-state index contributed by atoms with van der Waals surface area (Å²) in [4.78, 5) is 2.22. The molecule has 4 nitrogen and oxygen atoms in total. The van der Waals surface area contributed by atoms with E-state index in [4.69, 9.17) is 0 Å². The molecule has 16 heavy (non-hydrogen) atoms. The first-order chi connectivity index (χ1) is 7.43. The third-order valence-corrected chi connectivity index (χ3v) is 3.52. The summed E-state index contributed by atoms with van der Waals surface area (Å²) in [5, 5.41) is 21.9. The molecule has 0 aromatic rings. The predicted molar refractivity (Wildman–Crippen MR) is 65.4 cm³/mol. The first kappa shape index (κ1) is 13.9. The molecule has 0 bridgehead atoms. The molecule has 96 valence electrons. The number of nitrogens with zero attached hydrogens (tertiary/aromatic N) is 1. The monoisotopic (exact) mass is 230 g/mol. The summed E-state index contributed by atoms with van der Waals surface area (Å²) >= 11 is 0. The van der Waals surface area contributed by atoms with Gasteiger partial charge in [0.2, 0.25) is 0 Å². The molecule has 0 spiro atoms. The van der Waals surface area contributed by atoms with Gasteiger partial charge in [0, 0.05) is 25.0 Å². The average Bonchev–Trinajstić information content (AvgIpc) is 2.64. The fourth-order valence-electron chi connectivity index (χ4n) is 2.51. The molecule has 0 saturated carbocycles. The lowest BCUT2D eigenvalue weighted by Gasteiger charge is -2.35. The van der Waals surface area contributed by atoms with Crippen LogP contribution in [0.15, 0.2) is 0 Å². The van der Waals surface area contributed by atoms with E-state index in [2.05, 4.69) is 24.2 Å². The molecule has 0 aliphatic carbocycles. The zero-order valence-electron chi connectivity index (χ0n) is 10.8. The normalized spacial score (nSPS) is 26.6. The van der Waals surface area contributed by atoms with Gasteiger partial charge in [-0.1, -0.05) is 13.8 Å². The molecule has 1 saturated heterocycles. The molecule has 1 aliphatic heterocycles. The largest absolute Gasteiger partial charge is 0.396 e. The molecule has 1 rings (SSSR count). The van der Waals surface area contributed by atoms with E-state index in [-0.39, 0.29) is 13.2 Å². The maximum atomic E-state index is 9.26. The van der Waals surface area contributed by atoms with Gasteiger partial charge in [-0.3, -0.25) is 0 Å². The van der Waals surface area contributed by atoms with Crippen LogP contribution in [0.4, 0.5) is 0 Å². The van der Waals surface area contributed by atoms with Crippen LogP contribution in [0.3, 0.4) is 0 Å². The predicted octanol–water partition coefficient (Wildman–Crippen LogP) is -0.0913. The molecule has 1 unspecified atom stereocenters. The van der Waals surface area contributed by atoms with Gasteiger partial charge in [-0.2, -0.15) is 0 Å². The van der Waals surface area contributed by atoms with Gasteiger partial charge in [0.1, 0.15) is 0 Å². The summed E-state index contributed by atoms with van der Waals surface area (Å²) in [6.45, 7) is 8.17. The van der Waals surface area contributed by atoms with Crippen molar-refractivity contribution in [3.8, 4) is 0 Å². The van der Waals surface area contributed by atoms with Crippen LogP contribution in [0.1, 0.15) is 20.3 Å². The van der Waals surface area contributed by atoms with Gasteiger partial charge in [-0.15, -0.1) is 0 Å². The maximum Gasteiger partial charge on any atom is 0.0519 e. The van der Waals surface area contributed by atoms with E-state index in [0.717, 1.165) is 26.2 Å². The van der Waals surface area contributed by atoms with Gasteiger partial charge in [0.25, 0.3) is 0 Å². The van der Waals surface area contributed by atoms with Crippen molar-refractivity contribution in [3.05, 3.63) is 0 Å². The minimum absolute atomic E-state index is 0.0306. The Balaban J connectivity index is 2.43. The molecular weight excluding hydrogens is 204 g/mol. The van der Waals surface area contributed by atoms with Crippen molar-refractivity contribution < 1.29 is 10.2 Å². The maximum absolute atomic E-state index is 9.26. The highest BCUT2D eigenvalue weighted by molar-refractivity contribution is 4.87. The van der Waals surface area contributed by atoms with Crippen molar-refractivity contribution in [2.45, 2.75) is 20.3 Å². The van der Waals surface area contributed by atoms with Crippen LogP contribution in [0.2, 0.25) is 0 Å². The molecule has 0 aromatic heterocycles. The quantitative estimate of drug-likeness (QED) is 0.597. The Morgan fingerprint density at radius 3 is 2.44 bits per heavy atom. The van der Waals surface area contributed by atoms with Crippen LogP contribution in [0.25, 0.3) is 0 Å².